The van der Waals surface area contributed by atoms with Crippen LogP contribution in [-0.4, -0.2) is 56.9 Å². The molecule has 2 aromatic rings. The van der Waals surface area contributed by atoms with Gasteiger partial charge in [-0.15, -0.1) is 0 Å². The third-order valence-electron chi connectivity index (χ3n) is 5.70. The van der Waals surface area contributed by atoms with Crippen LogP contribution in [0.25, 0.3) is 0 Å². The number of hydrogen-bond acceptors (Lipinski definition) is 5. The summed E-state index contributed by atoms with van der Waals surface area (Å²) in [5.41, 5.74) is 1.30. The summed E-state index contributed by atoms with van der Waals surface area (Å²) in [5, 5.41) is 3.02. The van der Waals surface area contributed by atoms with Crippen molar-refractivity contribution in [1.82, 2.24) is 14.9 Å². The summed E-state index contributed by atoms with van der Waals surface area (Å²) in [5.74, 6) is 0.811. The van der Waals surface area contributed by atoms with Gasteiger partial charge in [0.2, 0.25) is 15.9 Å². The Morgan fingerprint density at radius 1 is 1.12 bits per heavy atom. The molecular weight excluding hydrogens is 442 g/mol. The molecular formula is C24H33N3O3S2. The highest BCUT2D eigenvalue weighted by molar-refractivity contribution is 7.98. The second kappa shape index (κ2) is 12.4. The van der Waals surface area contributed by atoms with Gasteiger partial charge in [0.25, 0.3) is 0 Å². The number of amides is 1. The minimum Gasteiger partial charge on any atom is -0.354 e. The van der Waals surface area contributed by atoms with E-state index in [-0.39, 0.29) is 10.8 Å². The van der Waals surface area contributed by atoms with Gasteiger partial charge in [-0.05, 0) is 61.4 Å². The number of hydrogen-bond donors (Lipinski definition) is 2. The summed E-state index contributed by atoms with van der Waals surface area (Å²) in [6.45, 7) is 3.47. The van der Waals surface area contributed by atoms with Crippen LogP contribution in [0.2, 0.25) is 0 Å². The highest BCUT2D eigenvalue weighted by Gasteiger charge is 2.27. The average Bonchev–Trinajstić information content (AvgIpc) is 2.81. The molecule has 0 bridgehead atoms. The Labute approximate surface area is 196 Å². The Morgan fingerprint density at radius 3 is 2.50 bits per heavy atom. The first-order valence-corrected chi connectivity index (χ1v) is 14.0. The molecule has 2 aromatic carbocycles. The van der Waals surface area contributed by atoms with Crippen molar-refractivity contribution < 1.29 is 13.2 Å². The van der Waals surface area contributed by atoms with Gasteiger partial charge in [0.05, 0.1) is 4.90 Å². The molecule has 6 nitrogen and oxygen atoms in total. The van der Waals surface area contributed by atoms with Crippen LogP contribution in [0.15, 0.2) is 65.6 Å². The molecule has 1 fully saturated rings. The minimum absolute atomic E-state index is 0.172. The van der Waals surface area contributed by atoms with Gasteiger partial charge < -0.3 is 5.32 Å². The molecule has 32 heavy (non-hydrogen) atoms. The van der Waals surface area contributed by atoms with Crippen molar-refractivity contribution in [1.29, 1.82) is 0 Å². The molecule has 174 valence electrons. The molecule has 1 amide bonds. The van der Waals surface area contributed by atoms with E-state index >= 15 is 0 Å². The monoisotopic (exact) mass is 475 g/mol. The van der Waals surface area contributed by atoms with E-state index in [1.165, 1.54) is 17.7 Å². The van der Waals surface area contributed by atoms with Gasteiger partial charge in [0.1, 0.15) is 6.04 Å². The number of carbonyl (C=O) groups is 1. The van der Waals surface area contributed by atoms with Gasteiger partial charge in [-0.2, -0.15) is 16.5 Å². The van der Waals surface area contributed by atoms with Crippen molar-refractivity contribution >= 4 is 27.7 Å². The molecule has 2 atom stereocenters. The molecule has 8 heteroatoms. The van der Waals surface area contributed by atoms with E-state index in [1.54, 1.807) is 30.0 Å². The predicted octanol–water partition coefficient (Wildman–Crippen LogP) is 3.12. The SMILES string of the molecule is CSCCC(NS(=O)(=O)c1ccccc1)C(=O)NCC1CCCN(Cc2ccccc2)C1. The molecule has 1 aliphatic rings. The highest BCUT2D eigenvalue weighted by atomic mass is 32.2. The Balaban J connectivity index is 1.55. The molecule has 1 saturated heterocycles. The van der Waals surface area contributed by atoms with Crippen LogP contribution in [0, 0.1) is 5.92 Å². The third-order valence-corrected chi connectivity index (χ3v) is 7.83. The minimum atomic E-state index is -3.75. The quantitative estimate of drug-likeness (QED) is 0.522. The van der Waals surface area contributed by atoms with E-state index in [1.807, 2.05) is 12.3 Å². The lowest BCUT2D eigenvalue weighted by molar-refractivity contribution is -0.123. The lowest BCUT2D eigenvalue weighted by atomic mass is 9.97. The van der Waals surface area contributed by atoms with Gasteiger partial charge in [-0.1, -0.05) is 48.5 Å². The summed E-state index contributed by atoms with van der Waals surface area (Å²) in [4.78, 5) is 15.5. The molecule has 2 unspecified atom stereocenters. The van der Waals surface area contributed by atoms with E-state index in [0.717, 1.165) is 32.5 Å². The van der Waals surface area contributed by atoms with Crippen LogP contribution in [0.4, 0.5) is 0 Å². The Kier molecular flexibility index (Phi) is 9.59. The predicted molar refractivity (Wildman–Crippen MR) is 131 cm³/mol. The van der Waals surface area contributed by atoms with Crippen LogP contribution in [0.3, 0.4) is 0 Å². The number of nitrogens with one attached hydrogen (secondary N) is 2. The maximum Gasteiger partial charge on any atom is 0.241 e. The summed E-state index contributed by atoms with van der Waals surface area (Å²) in [6, 6.07) is 17.8. The van der Waals surface area contributed by atoms with Gasteiger partial charge in [-0.3, -0.25) is 9.69 Å². The number of nitrogens with zero attached hydrogens (tertiary/aromatic N) is 1. The van der Waals surface area contributed by atoms with Crippen LogP contribution in [-0.2, 0) is 21.4 Å². The van der Waals surface area contributed by atoms with E-state index in [9.17, 15) is 13.2 Å². The Bertz CT molecular complexity index is 939. The lowest BCUT2D eigenvalue weighted by Gasteiger charge is -2.33. The molecule has 0 aliphatic carbocycles. The first-order valence-electron chi connectivity index (χ1n) is 11.1. The summed E-state index contributed by atoms with van der Waals surface area (Å²) >= 11 is 1.60. The molecule has 0 radical (unpaired) electrons. The summed E-state index contributed by atoms with van der Waals surface area (Å²) in [6.07, 6.45) is 4.56. The normalized spacial score (nSPS) is 18.2. The number of benzene rings is 2. The molecule has 0 saturated carbocycles. The second-order valence-corrected chi connectivity index (χ2v) is 10.9. The van der Waals surface area contributed by atoms with E-state index in [4.69, 9.17) is 0 Å². The fourth-order valence-corrected chi connectivity index (χ4v) is 5.73. The Morgan fingerprint density at radius 2 is 1.81 bits per heavy atom. The van der Waals surface area contributed by atoms with Crippen molar-refractivity contribution in [2.45, 2.75) is 36.7 Å². The first-order chi connectivity index (χ1) is 15.5. The van der Waals surface area contributed by atoms with Crippen LogP contribution < -0.4 is 10.0 Å². The number of piperidine rings is 1. The van der Waals surface area contributed by atoms with Crippen molar-refractivity contribution in [3.8, 4) is 0 Å². The molecule has 3 rings (SSSR count). The topological polar surface area (TPSA) is 78.5 Å². The van der Waals surface area contributed by atoms with Crippen molar-refractivity contribution in [3.63, 3.8) is 0 Å². The zero-order valence-corrected chi connectivity index (χ0v) is 20.2. The van der Waals surface area contributed by atoms with E-state index in [0.29, 0.717) is 24.6 Å². The zero-order chi connectivity index (χ0) is 22.8. The number of sulfonamides is 1. The maximum absolute atomic E-state index is 12.9. The molecule has 2 N–H and O–H groups in total. The molecule has 1 aliphatic heterocycles. The van der Waals surface area contributed by atoms with Gasteiger partial charge in [0.15, 0.2) is 0 Å². The molecule has 0 spiro atoms. The first kappa shape index (κ1) is 24.8. The van der Waals surface area contributed by atoms with E-state index < -0.39 is 16.1 Å². The Hall–Kier alpha value is -1.87. The number of carbonyl (C=O) groups excluding carboxylic acids is 1. The fraction of sp³-hybridized carbons (Fsp3) is 0.458. The number of rotatable bonds is 11. The number of thioether (sulfide) groups is 1. The largest absolute Gasteiger partial charge is 0.354 e. The average molecular weight is 476 g/mol. The smallest absolute Gasteiger partial charge is 0.241 e. The zero-order valence-electron chi connectivity index (χ0n) is 18.6. The van der Waals surface area contributed by atoms with Gasteiger partial charge in [0, 0.05) is 19.6 Å². The maximum atomic E-state index is 12.9. The van der Waals surface area contributed by atoms with Crippen molar-refractivity contribution in [3.05, 3.63) is 66.2 Å². The molecule has 1 heterocycles. The summed E-state index contributed by atoms with van der Waals surface area (Å²) < 4.78 is 28.1. The highest BCUT2D eigenvalue weighted by Crippen LogP contribution is 2.18. The van der Waals surface area contributed by atoms with Gasteiger partial charge in [-0.25, -0.2) is 8.42 Å². The second-order valence-electron chi connectivity index (χ2n) is 8.24. The van der Waals surface area contributed by atoms with Crippen LogP contribution in [0.1, 0.15) is 24.8 Å². The van der Waals surface area contributed by atoms with Crippen LogP contribution >= 0.6 is 11.8 Å². The van der Waals surface area contributed by atoms with Crippen LogP contribution in [0.5, 0.6) is 0 Å². The number of likely N-dealkylation sites (tertiary alicyclic amines) is 1. The van der Waals surface area contributed by atoms with Crippen molar-refractivity contribution in [2.75, 3.05) is 31.6 Å². The molecule has 0 aromatic heterocycles. The summed E-state index contributed by atoms with van der Waals surface area (Å²) in [7, 11) is -3.75. The lowest BCUT2D eigenvalue weighted by Crippen LogP contribution is -2.49. The van der Waals surface area contributed by atoms with E-state index in [2.05, 4.69) is 39.2 Å². The fourth-order valence-electron chi connectivity index (χ4n) is 4.01. The third kappa shape index (κ3) is 7.62. The van der Waals surface area contributed by atoms with Crippen molar-refractivity contribution in [2.24, 2.45) is 5.92 Å². The standard InChI is InChI=1S/C24H33N3O3S2/c1-31-16-14-23(26-32(29,30)22-12-6-3-7-13-22)24(28)25-17-21-11-8-15-27(19-21)18-20-9-4-2-5-10-20/h2-7,9-10,12-13,21,23,26H,8,11,14-19H2,1H3,(H,25,28). The van der Waals surface area contributed by atoms with Gasteiger partial charge >= 0.3 is 0 Å².